The maximum atomic E-state index is 5.14. The minimum absolute atomic E-state index is 0.394. The summed E-state index contributed by atoms with van der Waals surface area (Å²) in [5, 5.41) is 3.55. The average Bonchev–Trinajstić information content (AvgIpc) is 2.36. The third kappa shape index (κ3) is 4.79. The summed E-state index contributed by atoms with van der Waals surface area (Å²) in [7, 11) is 1.75. The zero-order valence-corrected chi connectivity index (χ0v) is 12.4. The molecule has 0 amide bonds. The zero-order valence-electron chi connectivity index (χ0n) is 12.4. The molecule has 2 nitrogen and oxygen atoms in total. The van der Waals surface area contributed by atoms with Gasteiger partial charge in [-0.15, -0.1) is 0 Å². The number of ether oxygens (including phenoxy) is 1. The van der Waals surface area contributed by atoms with E-state index in [1.807, 2.05) is 0 Å². The fraction of sp³-hybridized carbons (Fsp3) is 0.625. The summed E-state index contributed by atoms with van der Waals surface area (Å²) in [6, 6.07) is 9.32. The second-order valence-corrected chi connectivity index (χ2v) is 5.51. The molecule has 0 fully saturated rings. The molecule has 1 N–H and O–H groups in total. The Balaban J connectivity index is 2.48. The molecule has 2 atom stereocenters. The molecule has 0 saturated heterocycles. The molecule has 1 aromatic carbocycles. The molecule has 0 aromatic heterocycles. The van der Waals surface area contributed by atoms with Crippen molar-refractivity contribution in [3.05, 3.63) is 35.4 Å². The summed E-state index contributed by atoms with van der Waals surface area (Å²) >= 11 is 0. The van der Waals surface area contributed by atoms with E-state index >= 15 is 0 Å². The molecule has 102 valence electrons. The van der Waals surface area contributed by atoms with Gasteiger partial charge in [0, 0.05) is 26.3 Å². The second kappa shape index (κ2) is 7.55. The monoisotopic (exact) mass is 249 g/mol. The highest BCUT2D eigenvalue weighted by molar-refractivity contribution is 5.26. The van der Waals surface area contributed by atoms with Crippen LogP contribution in [0.4, 0.5) is 0 Å². The van der Waals surface area contributed by atoms with Gasteiger partial charge < -0.3 is 10.1 Å². The highest BCUT2D eigenvalue weighted by Crippen LogP contribution is 2.18. The lowest BCUT2D eigenvalue weighted by Crippen LogP contribution is -2.26. The van der Waals surface area contributed by atoms with E-state index in [-0.39, 0.29) is 0 Å². The number of hydrogen-bond acceptors (Lipinski definition) is 2. The summed E-state index contributed by atoms with van der Waals surface area (Å²) < 4.78 is 5.14. The van der Waals surface area contributed by atoms with Gasteiger partial charge in [0.05, 0.1) is 0 Å². The SMILES string of the molecule is COCC(C)CNC(C)c1ccc(C(C)C)cc1. The molecule has 0 spiro atoms. The summed E-state index contributed by atoms with van der Waals surface area (Å²) in [6.45, 7) is 10.7. The Kier molecular flexibility index (Phi) is 6.37. The van der Waals surface area contributed by atoms with Gasteiger partial charge in [-0.2, -0.15) is 0 Å². The van der Waals surface area contributed by atoms with Crippen molar-refractivity contribution in [1.82, 2.24) is 5.32 Å². The molecule has 1 aromatic rings. The van der Waals surface area contributed by atoms with E-state index in [0.717, 1.165) is 13.2 Å². The second-order valence-electron chi connectivity index (χ2n) is 5.51. The van der Waals surface area contributed by atoms with Crippen LogP contribution in [0.2, 0.25) is 0 Å². The van der Waals surface area contributed by atoms with Crippen LogP contribution in [-0.2, 0) is 4.74 Å². The van der Waals surface area contributed by atoms with Gasteiger partial charge in [-0.3, -0.25) is 0 Å². The Bertz CT molecular complexity index is 331. The van der Waals surface area contributed by atoms with Crippen LogP contribution in [0.25, 0.3) is 0 Å². The molecular weight excluding hydrogens is 222 g/mol. The molecule has 2 unspecified atom stereocenters. The topological polar surface area (TPSA) is 21.3 Å². The lowest BCUT2D eigenvalue weighted by Gasteiger charge is -2.18. The van der Waals surface area contributed by atoms with Crippen LogP contribution in [0.15, 0.2) is 24.3 Å². The Morgan fingerprint density at radius 1 is 1.00 bits per heavy atom. The average molecular weight is 249 g/mol. The number of rotatable bonds is 7. The van der Waals surface area contributed by atoms with E-state index in [0.29, 0.717) is 17.9 Å². The number of hydrogen-bond donors (Lipinski definition) is 1. The van der Waals surface area contributed by atoms with Crippen LogP contribution in [-0.4, -0.2) is 20.3 Å². The molecule has 0 radical (unpaired) electrons. The molecular formula is C16H27NO. The van der Waals surface area contributed by atoms with Crippen LogP contribution >= 0.6 is 0 Å². The third-order valence-corrected chi connectivity index (χ3v) is 3.33. The van der Waals surface area contributed by atoms with Crippen LogP contribution in [0.1, 0.15) is 50.8 Å². The summed E-state index contributed by atoms with van der Waals surface area (Å²) in [5.41, 5.74) is 2.75. The molecule has 18 heavy (non-hydrogen) atoms. The smallest absolute Gasteiger partial charge is 0.0499 e. The first-order valence-electron chi connectivity index (χ1n) is 6.86. The van der Waals surface area contributed by atoms with E-state index in [2.05, 4.69) is 57.3 Å². The minimum atomic E-state index is 0.394. The van der Waals surface area contributed by atoms with E-state index in [1.54, 1.807) is 7.11 Å². The van der Waals surface area contributed by atoms with Crippen molar-refractivity contribution in [2.75, 3.05) is 20.3 Å². The van der Waals surface area contributed by atoms with Crippen molar-refractivity contribution in [3.8, 4) is 0 Å². The molecule has 0 aliphatic rings. The fourth-order valence-corrected chi connectivity index (χ4v) is 2.01. The van der Waals surface area contributed by atoms with Crippen molar-refractivity contribution >= 4 is 0 Å². The lowest BCUT2D eigenvalue weighted by molar-refractivity contribution is 0.157. The largest absolute Gasteiger partial charge is 0.384 e. The summed E-state index contributed by atoms with van der Waals surface area (Å²) in [4.78, 5) is 0. The zero-order chi connectivity index (χ0) is 13.5. The Labute approximate surface area is 112 Å². The van der Waals surface area contributed by atoms with Gasteiger partial charge in [0.15, 0.2) is 0 Å². The highest BCUT2D eigenvalue weighted by Gasteiger charge is 2.08. The van der Waals surface area contributed by atoms with Gasteiger partial charge in [0.25, 0.3) is 0 Å². The summed E-state index contributed by atoms with van der Waals surface area (Å²) in [5.74, 6) is 1.15. The molecule has 0 heterocycles. The van der Waals surface area contributed by atoms with Crippen LogP contribution < -0.4 is 5.32 Å². The third-order valence-electron chi connectivity index (χ3n) is 3.33. The Hall–Kier alpha value is -0.860. The Morgan fingerprint density at radius 3 is 2.06 bits per heavy atom. The van der Waals surface area contributed by atoms with Gasteiger partial charge >= 0.3 is 0 Å². The predicted octanol–water partition coefficient (Wildman–Crippen LogP) is 3.74. The minimum Gasteiger partial charge on any atom is -0.384 e. The van der Waals surface area contributed by atoms with Gasteiger partial charge in [-0.05, 0) is 29.9 Å². The maximum absolute atomic E-state index is 5.14. The van der Waals surface area contributed by atoms with Crippen molar-refractivity contribution in [2.24, 2.45) is 5.92 Å². The lowest BCUT2D eigenvalue weighted by atomic mass is 9.99. The first-order chi connectivity index (χ1) is 8.54. The molecule has 2 heteroatoms. The van der Waals surface area contributed by atoms with Crippen molar-refractivity contribution < 1.29 is 4.74 Å². The number of nitrogens with one attached hydrogen (secondary N) is 1. The number of methoxy groups -OCH3 is 1. The van der Waals surface area contributed by atoms with E-state index in [9.17, 15) is 0 Å². The van der Waals surface area contributed by atoms with E-state index in [1.165, 1.54) is 11.1 Å². The Morgan fingerprint density at radius 2 is 1.56 bits per heavy atom. The van der Waals surface area contributed by atoms with Crippen LogP contribution in [0, 0.1) is 5.92 Å². The quantitative estimate of drug-likeness (QED) is 0.794. The first kappa shape index (κ1) is 15.2. The van der Waals surface area contributed by atoms with Gasteiger partial charge in [-0.1, -0.05) is 45.0 Å². The van der Waals surface area contributed by atoms with Gasteiger partial charge in [0.1, 0.15) is 0 Å². The molecule has 0 saturated carbocycles. The van der Waals surface area contributed by atoms with Crippen LogP contribution in [0.5, 0.6) is 0 Å². The van der Waals surface area contributed by atoms with E-state index in [4.69, 9.17) is 4.74 Å². The fourth-order valence-electron chi connectivity index (χ4n) is 2.01. The highest BCUT2D eigenvalue weighted by atomic mass is 16.5. The normalized spacial score (nSPS) is 14.8. The number of benzene rings is 1. The first-order valence-corrected chi connectivity index (χ1v) is 6.86. The predicted molar refractivity (Wildman–Crippen MR) is 78.0 cm³/mol. The van der Waals surface area contributed by atoms with Gasteiger partial charge in [0.2, 0.25) is 0 Å². The molecule has 0 bridgehead atoms. The van der Waals surface area contributed by atoms with Crippen LogP contribution in [0.3, 0.4) is 0 Å². The summed E-state index contributed by atoms with van der Waals surface area (Å²) in [6.07, 6.45) is 0. The molecule has 0 aliphatic heterocycles. The van der Waals surface area contributed by atoms with Crippen molar-refractivity contribution in [1.29, 1.82) is 0 Å². The van der Waals surface area contributed by atoms with E-state index < -0.39 is 0 Å². The van der Waals surface area contributed by atoms with Crippen molar-refractivity contribution in [2.45, 2.75) is 39.7 Å². The molecule has 1 rings (SSSR count). The molecule has 0 aliphatic carbocycles. The standard InChI is InChI=1S/C16H27NO/c1-12(2)15-6-8-16(9-7-15)14(4)17-10-13(3)11-18-5/h6-9,12-14,17H,10-11H2,1-5H3. The van der Waals surface area contributed by atoms with Gasteiger partial charge in [-0.25, -0.2) is 0 Å². The maximum Gasteiger partial charge on any atom is 0.0499 e. The van der Waals surface area contributed by atoms with Crippen molar-refractivity contribution in [3.63, 3.8) is 0 Å².